The Bertz CT molecular complexity index is 614. The molecule has 0 spiro atoms. The van der Waals surface area contributed by atoms with Crippen molar-refractivity contribution in [3.8, 4) is 0 Å². The Balaban J connectivity index is 0.000000463. The number of azo groups is 1. The van der Waals surface area contributed by atoms with E-state index in [2.05, 4.69) is 43.5 Å². The Labute approximate surface area is 137 Å². The number of nitrogens with zero attached hydrogens (tertiary/aromatic N) is 3. The van der Waals surface area contributed by atoms with Gasteiger partial charge in [0.05, 0.1) is 32.5 Å². The van der Waals surface area contributed by atoms with Crippen LogP contribution >= 0.6 is 0 Å². The van der Waals surface area contributed by atoms with E-state index in [1.54, 1.807) is 0 Å². The molecule has 2 rings (SSSR count). The van der Waals surface area contributed by atoms with E-state index >= 15 is 0 Å². The highest BCUT2D eigenvalue weighted by atomic mass is 35.7. The van der Waals surface area contributed by atoms with Gasteiger partial charge in [-0.2, -0.15) is 10.2 Å². The summed E-state index contributed by atoms with van der Waals surface area (Å²) in [6, 6.07) is 17.9. The molecule has 2 aromatic carbocycles. The van der Waals surface area contributed by atoms with Gasteiger partial charge >= 0.3 is 0 Å². The van der Waals surface area contributed by atoms with E-state index in [0.717, 1.165) is 15.9 Å². The largest absolute Gasteiger partial charge is 0.298 e. The monoisotopic (exact) mass is 339 g/mol. The van der Waals surface area contributed by atoms with Crippen LogP contribution in [0.5, 0.6) is 0 Å². The summed E-state index contributed by atoms with van der Waals surface area (Å²) in [5, 5.41) is 8.41. The maximum absolute atomic E-state index is 8.49. The lowest BCUT2D eigenvalue weighted by Crippen LogP contribution is -2.68. The van der Waals surface area contributed by atoms with Gasteiger partial charge in [-0.05, 0) is 24.3 Å². The number of halogens is 1. The molecule has 7 nitrogen and oxygen atoms in total. The zero-order valence-corrected chi connectivity index (χ0v) is 13.8. The number of hydrogen-bond acceptors (Lipinski definition) is 6. The first-order valence-corrected chi connectivity index (χ1v) is 7.80. The zero-order valence-electron chi connectivity index (χ0n) is 13.0. The fourth-order valence-corrected chi connectivity index (χ4v) is 1.58. The SMILES string of the molecule is C[N+](C)(C)c1ccc(N=Nc2ccccc2)cc1.[O-][Cl+3]([O-])([O-])[O-]. The molecule has 0 amide bonds. The predicted octanol–water partition coefficient (Wildman–Crippen LogP) is -0.457. The van der Waals surface area contributed by atoms with Gasteiger partial charge in [0.15, 0.2) is 0 Å². The average Bonchev–Trinajstić information content (AvgIpc) is 2.44. The first-order chi connectivity index (χ1) is 10.6. The van der Waals surface area contributed by atoms with Crippen molar-refractivity contribution in [3.63, 3.8) is 0 Å². The quantitative estimate of drug-likeness (QED) is 0.555. The Morgan fingerprint density at radius 3 is 1.48 bits per heavy atom. The normalized spacial score (nSPS) is 12.0. The highest BCUT2D eigenvalue weighted by molar-refractivity contribution is 5.49. The first-order valence-electron chi connectivity index (χ1n) is 6.56. The van der Waals surface area contributed by atoms with Crippen molar-refractivity contribution < 1.29 is 28.9 Å². The third kappa shape index (κ3) is 8.99. The molecule has 0 aromatic heterocycles. The minimum Gasteiger partial charge on any atom is -0.298 e. The Morgan fingerprint density at radius 2 is 1.09 bits per heavy atom. The van der Waals surface area contributed by atoms with E-state index in [0.29, 0.717) is 0 Å². The molecule has 0 saturated carbocycles. The maximum Gasteiger partial charge on any atom is 0.132 e. The highest BCUT2D eigenvalue weighted by Gasteiger charge is 2.10. The van der Waals surface area contributed by atoms with Gasteiger partial charge < -0.3 is 0 Å². The van der Waals surface area contributed by atoms with Crippen LogP contribution in [-0.4, -0.2) is 21.1 Å². The summed E-state index contributed by atoms with van der Waals surface area (Å²) < 4.78 is 34.8. The van der Waals surface area contributed by atoms with Gasteiger partial charge in [0.2, 0.25) is 0 Å². The van der Waals surface area contributed by atoms with Crippen LogP contribution in [-0.2, 0) is 0 Å². The van der Waals surface area contributed by atoms with Gasteiger partial charge in [-0.15, -0.1) is 10.2 Å². The summed E-state index contributed by atoms with van der Waals surface area (Å²) in [5.41, 5.74) is 2.98. The fourth-order valence-electron chi connectivity index (χ4n) is 1.58. The minimum atomic E-state index is -4.94. The highest BCUT2D eigenvalue weighted by Crippen LogP contribution is 2.23. The zero-order chi connectivity index (χ0) is 17.5. The molecule has 0 bridgehead atoms. The van der Waals surface area contributed by atoms with E-state index in [4.69, 9.17) is 18.6 Å². The van der Waals surface area contributed by atoms with Crippen molar-refractivity contribution >= 4 is 17.1 Å². The molecule has 0 fully saturated rings. The van der Waals surface area contributed by atoms with Crippen molar-refractivity contribution in [1.82, 2.24) is 4.48 Å². The lowest BCUT2D eigenvalue weighted by Gasteiger charge is -2.23. The molecule has 0 aliphatic rings. The molecule has 8 heteroatoms. The maximum atomic E-state index is 8.49. The summed E-state index contributed by atoms with van der Waals surface area (Å²) in [4.78, 5) is 0. The summed E-state index contributed by atoms with van der Waals surface area (Å²) >= 11 is 0. The van der Waals surface area contributed by atoms with Crippen LogP contribution in [0.3, 0.4) is 0 Å². The van der Waals surface area contributed by atoms with Crippen molar-refractivity contribution in [2.75, 3.05) is 21.1 Å². The van der Waals surface area contributed by atoms with Crippen molar-refractivity contribution in [2.45, 2.75) is 0 Å². The fraction of sp³-hybridized carbons (Fsp3) is 0.200. The smallest absolute Gasteiger partial charge is 0.132 e. The summed E-state index contributed by atoms with van der Waals surface area (Å²) in [7, 11) is 1.47. The molecule has 0 N–H and O–H groups in total. The Hall–Kier alpha value is -1.87. The molecule has 0 unspecified atom stereocenters. The lowest BCUT2D eigenvalue weighted by atomic mass is 10.2. The predicted molar refractivity (Wildman–Crippen MR) is 76.6 cm³/mol. The number of benzene rings is 2. The molecule has 0 atom stereocenters. The molecule has 2 aromatic rings. The molecular formula is C15H18ClN3O4. The third-order valence-electron chi connectivity index (χ3n) is 2.66. The minimum absolute atomic E-state index is 0.802. The van der Waals surface area contributed by atoms with Crippen LogP contribution in [0.4, 0.5) is 17.1 Å². The number of quaternary nitrogens is 1. The van der Waals surface area contributed by atoms with Gasteiger partial charge in [0, 0.05) is 12.1 Å². The molecule has 0 aliphatic carbocycles. The second-order valence-electron chi connectivity index (χ2n) is 5.44. The van der Waals surface area contributed by atoms with Crippen LogP contribution in [0.1, 0.15) is 0 Å². The lowest BCUT2D eigenvalue weighted by molar-refractivity contribution is -2.00. The Morgan fingerprint density at radius 1 is 0.696 bits per heavy atom. The Kier molecular flexibility index (Phi) is 6.77. The van der Waals surface area contributed by atoms with E-state index in [1.165, 1.54) is 5.69 Å². The van der Waals surface area contributed by atoms with Crippen LogP contribution < -0.4 is 23.1 Å². The van der Waals surface area contributed by atoms with Gasteiger partial charge in [-0.3, -0.25) is 4.48 Å². The van der Waals surface area contributed by atoms with Crippen LogP contribution in [0.2, 0.25) is 0 Å². The van der Waals surface area contributed by atoms with Crippen molar-refractivity contribution in [2.24, 2.45) is 10.2 Å². The van der Waals surface area contributed by atoms with E-state index in [1.807, 2.05) is 42.5 Å². The van der Waals surface area contributed by atoms with E-state index < -0.39 is 10.2 Å². The number of rotatable bonds is 3. The average molecular weight is 340 g/mol. The second kappa shape index (κ2) is 8.11. The topological polar surface area (TPSA) is 117 Å². The standard InChI is InChI=1S/C15H18N3.ClHO4/c1-18(2,3)15-11-9-14(10-12-15)17-16-13-7-5-4-6-8-13;2-1(3,4)5/h4-12H,1-3H3;(H,2,3,4,5)/q+1;/p-1. The number of hydrogen-bond donors (Lipinski definition) is 0. The molecule has 0 heterocycles. The molecular weight excluding hydrogens is 322 g/mol. The van der Waals surface area contributed by atoms with Gasteiger partial charge in [0.1, 0.15) is 5.69 Å². The molecule has 0 aliphatic heterocycles. The first kappa shape index (κ1) is 19.2. The van der Waals surface area contributed by atoms with Gasteiger partial charge in [-0.25, -0.2) is 18.6 Å². The molecule has 23 heavy (non-hydrogen) atoms. The van der Waals surface area contributed by atoms with Crippen LogP contribution in [0.15, 0.2) is 64.8 Å². The van der Waals surface area contributed by atoms with Crippen LogP contribution in [0, 0.1) is 10.2 Å². The van der Waals surface area contributed by atoms with Gasteiger partial charge in [0.25, 0.3) is 0 Å². The molecule has 0 saturated heterocycles. The van der Waals surface area contributed by atoms with Crippen LogP contribution in [0.25, 0.3) is 0 Å². The third-order valence-corrected chi connectivity index (χ3v) is 2.66. The van der Waals surface area contributed by atoms with E-state index in [9.17, 15) is 0 Å². The summed E-state index contributed by atoms with van der Waals surface area (Å²) in [5.74, 6) is 0. The summed E-state index contributed by atoms with van der Waals surface area (Å²) in [6.07, 6.45) is 0. The molecule has 124 valence electrons. The van der Waals surface area contributed by atoms with Crippen molar-refractivity contribution in [1.29, 1.82) is 0 Å². The second-order valence-corrected chi connectivity index (χ2v) is 6.20. The van der Waals surface area contributed by atoms with Crippen molar-refractivity contribution in [3.05, 3.63) is 54.6 Å². The molecule has 0 radical (unpaired) electrons. The van der Waals surface area contributed by atoms with Gasteiger partial charge in [-0.1, -0.05) is 18.2 Å². The summed E-state index contributed by atoms with van der Waals surface area (Å²) in [6.45, 7) is 0. The van der Waals surface area contributed by atoms with E-state index in [-0.39, 0.29) is 0 Å².